The van der Waals surface area contributed by atoms with E-state index in [4.69, 9.17) is 5.11 Å². The molecule has 0 fully saturated rings. The quantitative estimate of drug-likeness (QED) is 0.851. The van der Waals surface area contributed by atoms with E-state index in [-0.39, 0.29) is 5.91 Å². The van der Waals surface area contributed by atoms with E-state index in [1.165, 1.54) is 11.8 Å². The Morgan fingerprint density at radius 1 is 1.44 bits per heavy atom. The smallest absolute Gasteiger partial charge is 0.316 e. The molecule has 18 heavy (non-hydrogen) atoms. The first-order valence-corrected chi connectivity index (χ1v) is 6.66. The number of fused-ring (bicyclic) bond motifs is 1. The molecule has 96 valence electrons. The van der Waals surface area contributed by atoms with E-state index in [2.05, 4.69) is 0 Å². The number of thioether (sulfide) groups is 1. The minimum Gasteiger partial charge on any atom is -0.480 e. The van der Waals surface area contributed by atoms with Crippen molar-refractivity contribution in [1.29, 1.82) is 0 Å². The fourth-order valence-corrected chi connectivity index (χ4v) is 2.83. The lowest BCUT2D eigenvalue weighted by Gasteiger charge is -2.26. The van der Waals surface area contributed by atoms with Crippen molar-refractivity contribution in [3.8, 4) is 0 Å². The number of aliphatic carboxylic acids is 1. The van der Waals surface area contributed by atoms with Crippen LogP contribution in [0.3, 0.4) is 0 Å². The largest absolute Gasteiger partial charge is 0.480 e. The highest BCUT2D eigenvalue weighted by atomic mass is 32.2. The van der Waals surface area contributed by atoms with Crippen molar-refractivity contribution >= 4 is 29.3 Å². The zero-order valence-corrected chi connectivity index (χ0v) is 11.2. The number of carbonyl (C=O) groups excluding carboxylic acids is 1. The Labute approximate surface area is 110 Å². The summed E-state index contributed by atoms with van der Waals surface area (Å²) in [5, 5.41) is 8.42. The van der Waals surface area contributed by atoms with Crippen LogP contribution >= 0.6 is 11.8 Å². The van der Waals surface area contributed by atoms with Gasteiger partial charge in [-0.05, 0) is 37.1 Å². The van der Waals surface area contributed by atoms with Crippen molar-refractivity contribution in [3.05, 3.63) is 23.8 Å². The lowest BCUT2D eigenvalue weighted by atomic mass is 10.0. The standard InChI is InChI=1S/C13H15NO3S/c1-8(13(16)17)18-10-4-5-11-9(7-10)3-6-12(15)14(11)2/h4-5,7-8H,3,6H2,1-2H3,(H,16,17). The zero-order valence-electron chi connectivity index (χ0n) is 10.3. The molecule has 5 heteroatoms. The fourth-order valence-electron chi connectivity index (χ4n) is 1.96. The highest BCUT2D eigenvalue weighted by Gasteiger charge is 2.21. The van der Waals surface area contributed by atoms with E-state index in [9.17, 15) is 9.59 Å². The van der Waals surface area contributed by atoms with Gasteiger partial charge in [-0.3, -0.25) is 9.59 Å². The van der Waals surface area contributed by atoms with Crippen LogP contribution in [-0.2, 0) is 16.0 Å². The number of rotatable bonds is 3. The highest BCUT2D eigenvalue weighted by Crippen LogP contribution is 2.32. The molecule has 1 aromatic rings. The molecule has 1 unspecified atom stereocenters. The Morgan fingerprint density at radius 3 is 2.83 bits per heavy atom. The van der Waals surface area contributed by atoms with Crippen LogP contribution in [0.4, 0.5) is 5.69 Å². The second-order valence-corrected chi connectivity index (χ2v) is 5.76. The van der Waals surface area contributed by atoms with Gasteiger partial charge in [0.1, 0.15) is 5.25 Å². The number of anilines is 1. The van der Waals surface area contributed by atoms with Gasteiger partial charge in [0.25, 0.3) is 0 Å². The molecule has 1 aliphatic heterocycles. The van der Waals surface area contributed by atoms with E-state index >= 15 is 0 Å². The van der Waals surface area contributed by atoms with Crippen molar-refractivity contribution in [2.45, 2.75) is 29.9 Å². The van der Waals surface area contributed by atoms with Gasteiger partial charge in [0, 0.05) is 24.1 Å². The molecule has 0 spiro atoms. The minimum absolute atomic E-state index is 0.127. The molecule has 4 nitrogen and oxygen atoms in total. The molecule has 0 saturated heterocycles. The van der Waals surface area contributed by atoms with E-state index in [0.717, 1.165) is 22.6 Å². The molecule has 0 bridgehead atoms. The second kappa shape index (κ2) is 5.02. The van der Waals surface area contributed by atoms with Gasteiger partial charge in [0.05, 0.1) is 0 Å². The Morgan fingerprint density at radius 2 is 2.17 bits per heavy atom. The molecule has 0 saturated carbocycles. The molecule has 2 rings (SSSR count). The molecular weight excluding hydrogens is 250 g/mol. The first-order chi connectivity index (χ1) is 8.49. The van der Waals surface area contributed by atoms with E-state index < -0.39 is 11.2 Å². The number of amides is 1. The third kappa shape index (κ3) is 2.51. The summed E-state index contributed by atoms with van der Waals surface area (Å²) in [6, 6.07) is 5.75. The third-order valence-corrected chi connectivity index (χ3v) is 4.14. The van der Waals surface area contributed by atoms with Crippen molar-refractivity contribution in [2.75, 3.05) is 11.9 Å². The number of hydrogen-bond donors (Lipinski definition) is 1. The Bertz CT molecular complexity index is 501. The van der Waals surface area contributed by atoms with Gasteiger partial charge < -0.3 is 10.0 Å². The summed E-state index contributed by atoms with van der Waals surface area (Å²) in [4.78, 5) is 25.0. The highest BCUT2D eigenvalue weighted by molar-refractivity contribution is 8.00. The number of hydrogen-bond acceptors (Lipinski definition) is 3. The molecule has 0 aliphatic carbocycles. The van der Waals surface area contributed by atoms with Crippen LogP contribution in [0.5, 0.6) is 0 Å². The predicted octanol–water partition coefficient (Wildman–Crippen LogP) is 2.16. The molecule has 1 atom stereocenters. The lowest BCUT2D eigenvalue weighted by Crippen LogP contribution is -2.31. The molecule has 1 N–H and O–H groups in total. The summed E-state index contributed by atoms with van der Waals surface area (Å²) in [7, 11) is 1.77. The average molecular weight is 265 g/mol. The number of carboxylic acid groups (broad SMARTS) is 1. The Balaban J connectivity index is 2.23. The van der Waals surface area contributed by atoms with Gasteiger partial charge in [-0.2, -0.15) is 0 Å². The van der Waals surface area contributed by atoms with Crippen molar-refractivity contribution < 1.29 is 14.7 Å². The summed E-state index contributed by atoms with van der Waals surface area (Å²) in [6.45, 7) is 1.67. The Kier molecular flexibility index (Phi) is 3.61. The van der Waals surface area contributed by atoms with E-state index in [1.54, 1.807) is 18.9 Å². The van der Waals surface area contributed by atoms with Crippen LogP contribution in [0, 0.1) is 0 Å². The van der Waals surface area contributed by atoms with Gasteiger partial charge in [0.2, 0.25) is 5.91 Å². The van der Waals surface area contributed by atoms with Crippen molar-refractivity contribution in [1.82, 2.24) is 0 Å². The molecule has 1 aliphatic rings. The van der Waals surface area contributed by atoms with Gasteiger partial charge >= 0.3 is 5.97 Å². The summed E-state index contributed by atoms with van der Waals surface area (Å²) in [5.41, 5.74) is 2.04. The fraction of sp³-hybridized carbons (Fsp3) is 0.385. The maximum Gasteiger partial charge on any atom is 0.316 e. The van der Waals surface area contributed by atoms with Crippen molar-refractivity contribution in [3.63, 3.8) is 0 Å². The molecule has 1 aromatic carbocycles. The molecular formula is C13H15NO3S. The number of nitrogens with zero attached hydrogens (tertiary/aromatic N) is 1. The minimum atomic E-state index is -0.815. The van der Waals surface area contributed by atoms with Crippen LogP contribution in [0.2, 0.25) is 0 Å². The topological polar surface area (TPSA) is 57.6 Å². The number of carbonyl (C=O) groups is 2. The van der Waals surface area contributed by atoms with E-state index in [0.29, 0.717) is 6.42 Å². The SMILES string of the molecule is CC(Sc1ccc2c(c1)CCC(=O)N2C)C(=O)O. The molecule has 1 heterocycles. The van der Waals surface area contributed by atoms with Crippen molar-refractivity contribution in [2.24, 2.45) is 0 Å². The Hall–Kier alpha value is -1.49. The summed E-state index contributed by atoms with van der Waals surface area (Å²) in [6.07, 6.45) is 1.25. The summed E-state index contributed by atoms with van der Waals surface area (Å²) >= 11 is 1.32. The van der Waals surface area contributed by atoms with Crippen LogP contribution < -0.4 is 4.90 Å². The van der Waals surface area contributed by atoms with Crippen LogP contribution in [0.15, 0.2) is 23.1 Å². The lowest BCUT2D eigenvalue weighted by molar-refractivity contribution is -0.136. The van der Waals surface area contributed by atoms with Crippen LogP contribution in [-0.4, -0.2) is 29.3 Å². The molecule has 0 aromatic heterocycles. The van der Waals surface area contributed by atoms with Crippen LogP contribution in [0.25, 0.3) is 0 Å². The summed E-state index contributed by atoms with van der Waals surface area (Å²) < 4.78 is 0. The monoisotopic (exact) mass is 265 g/mol. The van der Waals surface area contributed by atoms with Gasteiger partial charge in [0.15, 0.2) is 0 Å². The first-order valence-electron chi connectivity index (χ1n) is 5.78. The number of benzene rings is 1. The second-order valence-electron chi connectivity index (χ2n) is 4.34. The maximum atomic E-state index is 11.6. The van der Waals surface area contributed by atoms with Gasteiger partial charge in [-0.15, -0.1) is 11.8 Å². The predicted molar refractivity (Wildman–Crippen MR) is 71.1 cm³/mol. The van der Waals surface area contributed by atoms with E-state index in [1.807, 2.05) is 18.2 Å². The first kappa shape index (κ1) is 13.0. The van der Waals surface area contributed by atoms with Gasteiger partial charge in [-0.1, -0.05) is 0 Å². The molecule has 0 radical (unpaired) electrons. The van der Waals surface area contributed by atoms with Crippen LogP contribution in [0.1, 0.15) is 18.9 Å². The number of aryl methyl sites for hydroxylation is 1. The normalized spacial score (nSPS) is 16.3. The maximum absolute atomic E-state index is 11.6. The van der Waals surface area contributed by atoms with Gasteiger partial charge in [-0.25, -0.2) is 0 Å². The zero-order chi connectivity index (χ0) is 13.3. The number of carboxylic acids is 1. The summed E-state index contributed by atoms with van der Waals surface area (Å²) in [5.74, 6) is -0.688. The third-order valence-electron chi connectivity index (χ3n) is 3.06. The molecule has 1 amide bonds. The average Bonchev–Trinajstić information content (AvgIpc) is 2.34.